The van der Waals surface area contributed by atoms with Crippen LogP contribution in [0.25, 0.3) is 11.3 Å². The van der Waals surface area contributed by atoms with Crippen molar-refractivity contribution in [2.24, 2.45) is 5.73 Å². The molecular formula is C22H23N3O6. The van der Waals surface area contributed by atoms with Crippen molar-refractivity contribution in [1.82, 2.24) is 4.57 Å². The SMILES string of the molecule is COc1cc(Cn2c(-c3cccc([N+](=O)[O-])c3)cc(C(N)=O)c2C)cc(OC)c1OC. The Morgan fingerprint density at radius 1 is 1.06 bits per heavy atom. The second-order valence-corrected chi connectivity index (χ2v) is 6.82. The number of rotatable bonds is 8. The van der Waals surface area contributed by atoms with Gasteiger partial charge in [0, 0.05) is 35.6 Å². The molecule has 2 N–H and O–H groups in total. The molecule has 0 aliphatic carbocycles. The zero-order chi connectivity index (χ0) is 22.7. The molecule has 0 radical (unpaired) electrons. The second-order valence-electron chi connectivity index (χ2n) is 6.82. The van der Waals surface area contributed by atoms with Crippen LogP contribution < -0.4 is 19.9 Å². The van der Waals surface area contributed by atoms with Crippen molar-refractivity contribution in [2.75, 3.05) is 21.3 Å². The molecule has 0 saturated carbocycles. The number of primary amides is 1. The Balaban J connectivity index is 2.17. The van der Waals surface area contributed by atoms with E-state index >= 15 is 0 Å². The van der Waals surface area contributed by atoms with Gasteiger partial charge in [-0.2, -0.15) is 0 Å². The van der Waals surface area contributed by atoms with E-state index in [-0.39, 0.29) is 5.69 Å². The fourth-order valence-corrected chi connectivity index (χ4v) is 3.53. The smallest absolute Gasteiger partial charge is 0.270 e. The van der Waals surface area contributed by atoms with E-state index in [2.05, 4.69) is 0 Å². The van der Waals surface area contributed by atoms with Gasteiger partial charge in [-0.05, 0) is 30.7 Å². The summed E-state index contributed by atoms with van der Waals surface area (Å²) in [7, 11) is 4.58. The molecule has 31 heavy (non-hydrogen) atoms. The van der Waals surface area contributed by atoms with Gasteiger partial charge >= 0.3 is 0 Å². The standard InChI is InChI=1S/C22H23N3O6/c1-13-17(22(23)26)11-18(15-6-5-7-16(10-15)25(27)28)24(13)12-14-8-19(29-2)21(31-4)20(9-14)30-3/h5-11H,12H2,1-4H3,(H2,23,26). The summed E-state index contributed by atoms with van der Waals surface area (Å²) in [6, 6.07) is 11.5. The number of amides is 1. The molecule has 0 aliphatic rings. The fourth-order valence-electron chi connectivity index (χ4n) is 3.53. The quantitative estimate of drug-likeness (QED) is 0.435. The number of nitrogens with zero attached hydrogens (tertiary/aromatic N) is 2. The first-order valence-electron chi connectivity index (χ1n) is 9.34. The van der Waals surface area contributed by atoms with Gasteiger partial charge in [0.25, 0.3) is 11.6 Å². The molecule has 1 heterocycles. The maximum absolute atomic E-state index is 12.0. The van der Waals surface area contributed by atoms with E-state index in [1.165, 1.54) is 33.5 Å². The lowest BCUT2D eigenvalue weighted by Crippen LogP contribution is -2.13. The van der Waals surface area contributed by atoms with Gasteiger partial charge in [-0.3, -0.25) is 14.9 Å². The normalized spacial score (nSPS) is 10.6. The molecule has 0 spiro atoms. The zero-order valence-electron chi connectivity index (χ0n) is 17.7. The summed E-state index contributed by atoms with van der Waals surface area (Å²) in [5, 5.41) is 11.2. The highest BCUT2D eigenvalue weighted by atomic mass is 16.6. The number of non-ortho nitro benzene ring substituents is 1. The number of nitro benzene ring substituents is 1. The molecule has 0 aliphatic heterocycles. The second kappa shape index (κ2) is 8.78. The third kappa shape index (κ3) is 4.16. The summed E-state index contributed by atoms with van der Waals surface area (Å²) in [5.74, 6) is 0.880. The van der Waals surface area contributed by atoms with Crippen LogP contribution in [0.15, 0.2) is 42.5 Å². The van der Waals surface area contributed by atoms with Gasteiger partial charge < -0.3 is 24.5 Å². The molecule has 1 aromatic heterocycles. The predicted molar refractivity (Wildman–Crippen MR) is 115 cm³/mol. The molecule has 9 heteroatoms. The number of carbonyl (C=O) groups is 1. The first kappa shape index (κ1) is 21.7. The van der Waals surface area contributed by atoms with Crippen molar-refractivity contribution in [3.05, 3.63) is 69.4 Å². The summed E-state index contributed by atoms with van der Waals surface area (Å²) in [5.41, 5.74) is 8.54. The van der Waals surface area contributed by atoms with Gasteiger partial charge in [0.15, 0.2) is 11.5 Å². The summed E-state index contributed by atoms with van der Waals surface area (Å²) in [4.78, 5) is 22.7. The molecule has 162 valence electrons. The Hall–Kier alpha value is -4.01. The lowest BCUT2D eigenvalue weighted by atomic mass is 10.1. The minimum atomic E-state index is -0.576. The van der Waals surface area contributed by atoms with Gasteiger partial charge in [0.2, 0.25) is 5.75 Å². The number of hydrogen-bond acceptors (Lipinski definition) is 6. The van der Waals surface area contributed by atoms with Crippen molar-refractivity contribution < 1.29 is 23.9 Å². The van der Waals surface area contributed by atoms with Gasteiger partial charge in [-0.15, -0.1) is 0 Å². The summed E-state index contributed by atoms with van der Waals surface area (Å²) < 4.78 is 18.1. The molecule has 9 nitrogen and oxygen atoms in total. The number of carbonyl (C=O) groups excluding carboxylic acids is 1. The Morgan fingerprint density at radius 2 is 1.71 bits per heavy atom. The van der Waals surface area contributed by atoms with Crippen molar-refractivity contribution in [1.29, 1.82) is 0 Å². The largest absolute Gasteiger partial charge is 0.493 e. The lowest BCUT2D eigenvalue weighted by molar-refractivity contribution is -0.384. The number of benzene rings is 2. The Kier molecular flexibility index (Phi) is 6.15. The Morgan fingerprint density at radius 3 is 2.23 bits per heavy atom. The van der Waals surface area contributed by atoms with Gasteiger partial charge in [0.1, 0.15) is 0 Å². The van der Waals surface area contributed by atoms with Crippen LogP contribution in [-0.4, -0.2) is 36.7 Å². The van der Waals surface area contributed by atoms with Crippen LogP contribution in [0.4, 0.5) is 5.69 Å². The molecule has 2 aromatic carbocycles. The molecule has 0 unspecified atom stereocenters. The van der Waals surface area contributed by atoms with Crippen LogP contribution in [-0.2, 0) is 6.54 Å². The van der Waals surface area contributed by atoms with E-state index in [0.717, 1.165) is 5.56 Å². The third-order valence-electron chi connectivity index (χ3n) is 5.05. The maximum Gasteiger partial charge on any atom is 0.270 e. The fraction of sp³-hybridized carbons (Fsp3) is 0.227. The van der Waals surface area contributed by atoms with E-state index in [4.69, 9.17) is 19.9 Å². The number of ether oxygens (including phenoxy) is 3. The average molecular weight is 425 g/mol. The van der Waals surface area contributed by atoms with Gasteiger partial charge in [-0.1, -0.05) is 12.1 Å². The third-order valence-corrected chi connectivity index (χ3v) is 5.05. The molecule has 0 saturated heterocycles. The van der Waals surface area contributed by atoms with Crippen molar-refractivity contribution >= 4 is 11.6 Å². The number of methoxy groups -OCH3 is 3. The van der Waals surface area contributed by atoms with Crippen LogP contribution in [0.2, 0.25) is 0 Å². The van der Waals surface area contributed by atoms with Crippen molar-refractivity contribution in [2.45, 2.75) is 13.5 Å². The molecular weight excluding hydrogens is 402 g/mol. The Labute approximate surface area is 179 Å². The number of hydrogen-bond donors (Lipinski definition) is 1. The van der Waals surface area contributed by atoms with Crippen molar-refractivity contribution in [3.8, 4) is 28.5 Å². The van der Waals surface area contributed by atoms with E-state index in [0.29, 0.717) is 46.3 Å². The van der Waals surface area contributed by atoms with E-state index in [9.17, 15) is 14.9 Å². The number of nitrogens with two attached hydrogens (primary N) is 1. The minimum absolute atomic E-state index is 0.0451. The summed E-state index contributed by atoms with van der Waals surface area (Å²) >= 11 is 0. The topological polar surface area (TPSA) is 119 Å². The molecule has 0 atom stereocenters. The minimum Gasteiger partial charge on any atom is -0.493 e. The lowest BCUT2D eigenvalue weighted by Gasteiger charge is -2.17. The van der Waals surface area contributed by atoms with E-state index in [1.54, 1.807) is 25.1 Å². The summed E-state index contributed by atoms with van der Waals surface area (Å²) in [6.45, 7) is 2.12. The average Bonchev–Trinajstić information content (AvgIpc) is 3.09. The highest BCUT2D eigenvalue weighted by Crippen LogP contribution is 2.39. The van der Waals surface area contributed by atoms with Crippen LogP contribution >= 0.6 is 0 Å². The van der Waals surface area contributed by atoms with Crippen LogP contribution in [0.3, 0.4) is 0 Å². The summed E-state index contributed by atoms with van der Waals surface area (Å²) in [6.07, 6.45) is 0. The highest BCUT2D eigenvalue weighted by Gasteiger charge is 2.20. The maximum atomic E-state index is 12.0. The van der Waals surface area contributed by atoms with Gasteiger partial charge in [0.05, 0.1) is 31.8 Å². The van der Waals surface area contributed by atoms with Gasteiger partial charge in [-0.25, -0.2) is 0 Å². The van der Waals surface area contributed by atoms with Crippen LogP contribution in [0.1, 0.15) is 21.6 Å². The predicted octanol–water partition coefficient (Wildman–Crippen LogP) is 3.54. The number of nitro groups is 1. The van der Waals surface area contributed by atoms with E-state index in [1.807, 2.05) is 16.7 Å². The molecule has 3 rings (SSSR count). The highest BCUT2D eigenvalue weighted by molar-refractivity contribution is 5.95. The zero-order valence-corrected chi connectivity index (χ0v) is 17.7. The first-order chi connectivity index (χ1) is 14.8. The Bertz CT molecular complexity index is 1130. The van der Waals surface area contributed by atoms with Crippen LogP contribution in [0.5, 0.6) is 17.2 Å². The number of aromatic nitrogens is 1. The molecule has 0 fully saturated rings. The van der Waals surface area contributed by atoms with Crippen molar-refractivity contribution in [3.63, 3.8) is 0 Å². The molecule has 1 amide bonds. The first-order valence-corrected chi connectivity index (χ1v) is 9.34. The molecule has 3 aromatic rings. The monoisotopic (exact) mass is 425 g/mol. The van der Waals surface area contributed by atoms with Crippen LogP contribution in [0, 0.1) is 17.0 Å². The molecule has 0 bridgehead atoms. The van der Waals surface area contributed by atoms with E-state index < -0.39 is 10.8 Å².